The van der Waals surface area contributed by atoms with Crippen LogP contribution in [0.15, 0.2) is 30.5 Å². The molecule has 1 saturated heterocycles. The van der Waals surface area contributed by atoms with Crippen LogP contribution in [0.2, 0.25) is 0 Å². The topological polar surface area (TPSA) is 25.4 Å². The highest BCUT2D eigenvalue weighted by Crippen LogP contribution is 2.37. The van der Waals surface area contributed by atoms with Gasteiger partial charge in [0.05, 0.1) is 6.61 Å². The first-order valence-corrected chi connectivity index (χ1v) is 9.86. The van der Waals surface area contributed by atoms with E-state index < -0.39 is 0 Å². The summed E-state index contributed by atoms with van der Waals surface area (Å²) in [6.45, 7) is 8.66. The van der Waals surface area contributed by atoms with Crippen molar-refractivity contribution in [2.75, 3.05) is 26.3 Å². The van der Waals surface area contributed by atoms with Crippen LogP contribution in [0, 0.1) is 17.5 Å². The number of hydrogen-bond acceptors (Lipinski definition) is 4. The van der Waals surface area contributed by atoms with Crippen LogP contribution >= 0.6 is 11.3 Å². The number of likely N-dealkylation sites (tertiary alicyclic amines) is 1. The van der Waals surface area contributed by atoms with Crippen LogP contribution in [0.25, 0.3) is 0 Å². The van der Waals surface area contributed by atoms with E-state index in [1.807, 2.05) is 26.1 Å². The monoisotopic (exact) mass is 362 g/mol. The molecule has 3 heterocycles. The molecule has 0 saturated carbocycles. The fraction of sp³-hybridized carbons (Fsp3) is 0.550. The Morgan fingerprint density at radius 1 is 1.32 bits per heavy atom. The minimum absolute atomic E-state index is 0.0891. The summed E-state index contributed by atoms with van der Waals surface area (Å²) in [6.07, 6.45) is 5.10. The molecule has 1 aliphatic heterocycles. The van der Waals surface area contributed by atoms with Crippen LogP contribution in [0.4, 0.5) is 4.39 Å². The summed E-state index contributed by atoms with van der Waals surface area (Å²) in [5.74, 6) is 0. The minimum atomic E-state index is -0.0891. The Bertz CT molecular complexity index is 673. The lowest BCUT2D eigenvalue weighted by atomic mass is 9.83. The first kappa shape index (κ1) is 18.5. The van der Waals surface area contributed by atoms with Gasteiger partial charge in [0.25, 0.3) is 0 Å². The quantitative estimate of drug-likeness (QED) is 0.694. The van der Waals surface area contributed by atoms with Gasteiger partial charge in [0, 0.05) is 41.9 Å². The highest BCUT2D eigenvalue weighted by Gasteiger charge is 2.38. The smallest absolute Gasteiger partial charge is 0.176 e. The molecule has 0 aromatic carbocycles. The van der Waals surface area contributed by atoms with Gasteiger partial charge < -0.3 is 4.74 Å². The number of thiophene rings is 1. The maximum Gasteiger partial charge on any atom is 0.176 e. The Hall–Kier alpha value is -1.30. The largest absolute Gasteiger partial charge is 0.381 e. The van der Waals surface area contributed by atoms with Gasteiger partial charge in [0.15, 0.2) is 5.13 Å². The zero-order valence-electron chi connectivity index (χ0n) is 15.1. The zero-order chi connectivity index (χ0) is 17.7. The lowest BCUT2D eigenvalue weighted by Crippen LogP contribution is -2.32. The number of ether oxygens (including phenoxy) is 1. The van der Waals surface area contributed by atoms with Gasteiger partial charge in [-0.05, 0) is 63.4 Å². The second-order valence-corrected chi connectivity index (χ2v) is 8.23. The van der Waals surface area contributed by atoms with E-state index in [1.54, 1.807) is 6.07 Å². The summed E-state index contributed by atoms with van der Waals surface area (Å²) in [5, 5.41) is -0.0891. The molecule has 1 atom stereocenters. The first-order valence-electron chi connectivity index (χ1n) is 9.04. The highest BCUT2D eigenvalue weighted by molar-refractivity contribution is 7.10. The second-order valence-electron chi connectivity index (χ2n) is 7.11. The summed E-state index contributed by atoms with van der Waals surface area (Å²) in [4.78, 5) is 8.03. The number of rotatable bonds is 8. The summed E-state index contributed by atoms with van der Waals surface area (Å²) < 4.78 is 19.1. The molecule has 1 aliphatic rings. The molecule has 0 amide bonds. The number of nitrogens with zero attached hydrogens (tertiary/aromatic N) is 2. The number of halogens is 1. The molecular formula is C20H27FN2OS. The predicted octanol–water partition coefficient (Wildman–Crippen LogP) is 4.45. The zero-order valence-corrected chi connectivity index (χ0v) is 15.9. The van der Waals surface area contributed by atoms with Gasteiger partial charge in [0.1, 0.15) is 0 Å². The van der Waals surface area contributed by atoms with E-state index in [0.29, 0.717) is 0 Å². The Morgan fingerprint density at radius 3 is 2.88 bits per heavy atom. The molecule has 25 heavy (non-hydrogen) atoms. The van der Waals surface area contributed by atoms with E-state index in [9.17, 15) is 4.39 Å². The molecule has 1 fully saturated rings. The number of aromatic nitrogens is 1. The summed E-state index contributed by atoms with van der Waals surface area (Å²) in [7, 11) is 0. The van der Waals surface area contributed by atoms with Gasteiger partial charge in [0.2, 0.25) is 0 Å². The van der Waals surface area contributed by atoms with Crippen molar-refractivity contribution in [3.63, 3.8) is 0 Å². The van der Waals surface area contributed by atoms with E-state index in [0.717, 1.165) is 62.7 Å². The molecule has 3 nitrogen and oxygen atoms in total. The molecular weight excluding hydrogens is 335 g/mol. The number of aryl methyl sites for hydroxylation is 2. The Labute approximate surface area is 153 Å². The van der Waals surface area contributed by atoms with Gasteiger partial charge in [-0.15, -0.1) is 11.3 Å². The maximum atomic E-state index is 13.2. The molecule has 3 rings (SSSR count). The molecule has 0 N–H and O–H groups in total. The van der Waals surface area contributed by atoms with Crippen LogP contribution in [0.5, 0.6) is 0 Å². The molecule has 5 heteroatoms. The SMILES string of the molecule is CCOC[C@]1(CCc2ccc(F)s2)CCN(Cc2ccc(C)nc2)C1. The van der Waals surface area contributed by atoms with E-state index in [4.69, 9.17) is 4.74 Å². The summed E-state index contributed by atoms with van der Waals surface area (Å²) in [6, 6.07) is 7.73. The van der Waals surface area contributed by atoms with E-state index in [2.05, 4.69) is 22.0 Å². The van der Waals surface area contributed by atoms with Gasteiger partial charge in [-0.3, -0.25) is 9.88 Å². The van der Waals surface area contributed by atoms with Crippen LogP contribution in [-0.2, 0) is 17.7 Å². The first-order chi connectivity index (χ1) is 12.1. The van der Waals surface area contributed by atoms with Crippen molar-refractivity contribution in [3.05, 3.63) is 51.7 Å². The third kappa shape index (κ3) is 5.09. The molecule has 0 aliphatic carbocycles. The average Bonchev–Trinajstić information content (AvgIpc) is 3.20. The number of hydrogen-bond donors (Lipinski definition) is 0. The van der Waals surface area contributed by atoms with Crippen molar-refractivity contribution in [2.24, 2.45) is 5.41 Å². The van der Waals surface area contributed by atoms with Crippen molar-refractivity contribution >= 4 is 11.3 Å². The van der Waals surface area contributed by atoms with Crippen molar-refractivity contribution in [3.8, 4) is 0 Å². The molecule has 2 aromatic rings. The molecule has 136 valence electrons. The minimum Gasteiger partial charge on any atom is -0.381 e. The summed E-state index contributed by atoms with van der Waals surface area (Å²) >= 11 is 1.27. The Morgan fingerprint density at radius 2 is 2.20 bits per heavy atom. The lowest BCUT2D eigenvalue weighted by Gasteiger charge is -2.29. The Kier molecular flexibility index (Phi) is 6.20. The lowest BCUT2D eigenvalue weighted by molar-refractivity contribution is 0.0490. The third-order valence-corrected chi connectivity index (χ3v) is 5.97. The standard InChI is InChI=1S/C20H27FN2OS/c1-3-24-15-20(9-8-18-6-7-19(21)25-18)10-11-23(14-20)13-17-5-4-16(2)22-12-17/h4-7,12H,3,8-11,13-15H2,1-2H3/t20-/m1/s1. The Balaban J connectivity index is 1.61. The van der Waals surface area contributed by atoms with Gasteiger partial charge >= 0.3 is 0 Å². The van der Waals surface area contributed by atoms with Crippen molar-refractivity contribution in [1.82, 2.24) is 9.88 Å². The van der Waals surface area contributed by atoms with Crippen LogP contribution in [0.3, 0.4) is 0 Å². The van der Waals surface area contributed by atoms with Crippen molar-refractivity contribution in [1.29, 1.82) is 0 Å². The van der Waals surface area contributed by atoms with E-state index in [-0.39, 0.29) is 10.5 Å². The van der Waals surface area contributed by atoms with E-state index >= 15 is 0 Å². The molecule has 0 spiro atoms. The van der Waals surface area contributed by atoms with Crippen LogP contribution < -0.4 is 0 Å². The van der Waals surface area contributed by atoms with Gasteiger partial charge in [-0.25, -0.2) is 0 Å². The van der Waals surface area contributed by atoms with Gasteiger partial charge in [-0.1, -0.05) is 6.07 Å². The summed E-state index contributed by atoms with van der Waals surface area (Å²) in [5.41, 5.74) is 2.49. The normalized spacial score (nSPS) is 21.1. The van der Waals surface area contributed by atoms with Crippen LogP contribution in [0.1, 0.15) is 35.9 Å². The molecule has 0 bridgehead atoms. The average molecular weight is 363 g/mol. The number of pyridine rings is 1. The predicted molar refractivity (Wildman–Crippen MR) is 100 cm³/mol. The molecule has 2 aromatic heterocycles. The second kappa shape index (κ2) is 8.39. The van der Waals surface area contributed by atoms with Crippen LogP contribution in [-0.4, -0.2) is 36.2 Å². The fourth-order valence-corrected chi connectivity index (χ4v) is 4.33. The third-order valence-electron chi connectivity index (χ3n) is 5.04. The molecule has 0 unspecified atom stereocenters. The van der Waals surface area contributed by atoms with Crippen molar-refractivity contribution < 1.29 is 9.13 Å². The fourth-order valence-electron chi connectivity index (χ4n) is 3.60. The maximum absolute atomic E-state index is 13.2. The van der Waals surface area contributed by atoms with Crippen molar-refractivity contribution in [2.45, 2.75) is 39.7 Å². The van der Waals surface area contributed by atoms with Gasteiger partial charge in [-0.2, -0.15) is 4.39 Å². The molecule has 0 radical (unpaired) electrons. The highest BCUT2D eigenvalue weighted by atomic mass is 32.1. The van der Waals surface area contributed by atoms with E-state index in [1.165, 1.54) is 16.9 Å².